The minimum Gasteiger partial charge on any atom is -0.506 e. The number of aryl methyl sites for hydroxylation is 1. The van der Waals surface area contributed by atoms with Crippen molar-refractivity contribution in [1.82, 2.24) is 19.9 Å². The Balaban J connectivity index is 0.000000196. The zero-order valence-electron chi connectivity index (χ0n) is 22.2. The normalized spacial score (nSPS) is 10.4. The highest BCUT2D eigenvalue weighted by Crippen LogP contribution is 2.33. The van der Waals surface area contributed by atoms with Gasteiger partial charge in [-0.05, 0) is 70.9 Å². The number of benzene rings is 4. The van der Waals surface area contributed by atoms with Crippen LogP contribution < -0.4 is 0 Å². The largest absolute Gasteiger partial charge is 0.506 e. The number of aromatic hydroxyl groups is 2. The summed E-state index contributed by atoms with van der Waals surface area (Å²) in [5, 5.41) is 21.3. The van der Waals surface area contributed by atoms with Crippen molar-refractivity contribution in [2.75, 3.05) is 0 Å². The maximum Gasteiger partial charge on any atom is 0.143 e. The highest BCUT2D eigenvalue weighted by atomic mass is 79.9. The fraction of sp³-hybridized carbons (Fsp3) is 0.172. The first-order valence-corrected chi connectivity index (χ1v) is 14.6. The second kappa shape index (κ2) is 13.8. The van der Waals surface area contributed by atoms with Gasteiger partial charge in [0, 0.05) is 4.47 Å². The van der Waals surface area contributed by atoms with Crippen molar-refractivity contribution in [2.45, 2.75) is 34.6 Å². The van der Waals surface area contributed by atoms with E-state index in [0.717, 1.165) is 10.0 Å². The standard InChI is InChI=1S/C13H8Cl2N2O.C12H5BrCl2N2O.2C2H6/c1-6-2-3-11(18)13-12(6)16-9-4-7(14)8(15)5-10(9)17-13;13-5-1-2-10(18)12-11(5)16-8-3-6(14)7(15)4-9(8)17-12;2*1-2/h2-5,18H,1H3;1-4,18H;2*1-2H3. The van der Waals surface area contributed by atoms with Crippen molar-refractivity contribution in [1.29, 1.82) is 0 Å². The fourth-order valence-corrected chi connectivity index (χ4v) is 4.61. The van der Waals surface area contributed by atoms with Crippen LogP contribution in [0.2, 0.25) is 20.1 Å². The Kier molecular flexibility index (Phi) is 11.0. The van der Waals surface area contributed by atoms with Crippen LogP contribution in [0.1, 0.15) is 33.3 Å². The van der Waals surface area contributed by atoms with Crippen LogP contribution in [0.5, 0.6) is 11.5 Å². The van der Waals surface area contributed by atoms with Crippen LogP contribution in [0.4, 0.5) is 0 Å². The van der Waals surface area contributed by atoms with Gasteiger partial charge in [-0.3, -0.25) is 0 Å². The molecule has 2 aromatic heterocycles. The summed E-state index contributed by atoms with van der Waals surface area (Å²) >= 11 is 27.2. The molecule has 0 aliphatic carbocycles. The first-order valence-electron chi connectivity index (χ1n) is 12.3. The van der Waals surface area contributed by atoms with Crippen molar-refractivity contribution in [3.63, 3.8) is 0 Å². The van der Waals surface area contributed by atoms with E-state index in [0.29, 0.717) is 64.2 Å². The number of nitrogens with zero attached hydrogens (tertiary/aromatic N) is 4. The Morgan fingerprint density at radius 1 is 0.525 bits per heavy atom. The second-order valence-corrected chi connectivity index (χ2v) is 10.3. The Hall–Kier alpha value is -2.68. The van der Waals surface area contributed by atoms with Crippen LogP contribution in [-0.4, -0.2) is 30.1 Å². The first kappa shape index (κ1) is 31.8. The van der Waals surface area contributed by atoms with Gasteiger partial charge in [0.2, 0.25) is 0 Å². The van der Waals surface area contributed by atoms with Gasteiger partial charge in [-0.1, -0.05) is 80.2 Å². The van der Waals surface area contributed by atoms with E-state index >= 15 is 0 Å². The summed E-state index contributed by atoms with van der Waals surface area (Å²) in [6, 6.07) is 13.3. The molecule has 0 unspecified atom stereocenters. The zero-order valence-corrected chi connectivity index (χ0v) is 26.8. The molecular weight excluding hydrogens is 658 g/mol. The molecule has 0 saturated heterocycles. The molecular formula is C29H25BrCl4N4O2. The van der Waals surface area contributed by atoms with Gasteiger partial charge in [-0.15, -0.1) is 0 Å². The van der Waals surface area contributed by atoms with Gasteiger partial charge in [0.25, 0.3) is 0 Å². The molecule has 208 valence electrons. The highest BCUT2D eigenvalue weighted by molar-refractivity contribution is 9.10. The molecule has 0 aliphatic rings. The molecule has 0 aliphatic heterocycles. The molecule has 2 N–H and O–H groups in total. The molecule has 40 heavy (non-hydrogen) atoms. The Labute approximate surface area is 260 Å². The van der Waals surface area contributed by atoms with E-state index in [-0.39, 0.29) is 11.5 Å². The van der Waals surface area contributed by atoms with Crippen molar-refractivity contribution >= 4 is 106 Å². The monoisotopic (exact) mass is 680 g/mol. The molecule has 6 nitrogen and oxygen atoms in total. The Morgan fingerprint density at radius 2 is 0.850 bits per heavy atom. The molecule has 0 radical (unpaired) electrons. The summed E-state index contributed by atoms with van der Waals surface area (Å²) in [4.78, 5) is 17.6. The Morgan fingerprint density at radius 3 is 1.27 bits per heavy atom. The lowest BCUT2D eigenvalue weighted by molar-refractivity contribution is 0.480. The molecule has 6 aromatic rings. The molecule has 0 bridgehead atoms. The van der Waals surface area contributed by atoms with Crippen molar-refractivity contribution in [3.8, 4) is 11.5 Å². The van der Waals surface area contributed by atoms with Crippen molar-refractivity contribution in [3.05, 3.63) is 78.7 Å². The Bertz CT molecular complexity index is 1580. The number of hydrogen-bond donors (Lipinski definition) is 2. The summed E-state index contributed by atoms with van der Waals surface area (Å²) < 4.78 is 0.760. The summed E-state index contributed by atoms with van der Waals surface area (Å²) in [6.07, 6.45) is 0. The first-order chi connectivity index (χ1) is 19.1. The smallest absolute Gasteiger partial charge is 0.143 e. The predicted molar refractivity (Wildman–Crippen MR) is 173 cm³/mol. The van der Waals surface area contributed by atoms with E-state index in [1.807, 2.05) is 34.6 Å². The van der Waals surface area contributed by atoms with E-state index in [1.165, 1.54) is 0 Å². The van der Waals surface area contributed by atoms with Gasteiger partial charge < -0.3 is 10.2 Å². The highest BCUT2D eigenvalue weighted by Gasteiger charge is 2.11. The van der Waals surface area contributed by atoms with Gasteiger partial charge in [-0.2, -0.15) is 0 Å². The molecule has 6 rings (SSSR count). The third-order valence-corrected chi connectivity index (χ3v) is 7.46. The topological polar surface area (TPSA) is 92.0 Å². The number of rotatable bonds is 0. The number of halogens is 5. The zero-order chi connectivity index (χ0) is 29.7. The quantitative estimate of drug-likeness (QED) is 0.155. The summed E-state index contributed by atoms with van der Waals surface area (Å²) in [7, 11) is 0. The molecule has 0 amide bonds. The maximum absolute atomic E-state index is 9.82. The average Bonchev–Trinajstić information content (AvgIpc) is 2.95. The number of phenolic OH excluding ortho intramolecular Hbond substituents is 2. The van der Waals surface area contributed by atoms with Crippen LogP contribution in [0.15, 0.2) is 53.0 Å². The van der Waals surface area contributed by atoms with Crippen LogP contribution in [0.25, 0.3) is 44.1 Å². The lowest BCUT2D eigenvalue weighted by Gasteiger charge is -2.06. The minimum absolute atomic E-state index is 0.0775. The van der Waals surface area contributed by atoms with Crippen molar-refractivity contribution in [2.24, 2.45) is 0 Å². The fourth-order valence-electron chi connectivity index (χ4n) is 3.57. The van der Waals surface area contributed by atoms with Crippen LogP contribution in [0, 0.1) is 6.92 Å². The van der Waals surface area contributed by atoms with E-state index < -0.39 is 0 Å². The lowest BCUT2D eigenvalue weighted by atomic mass is 10.1. The van der Waals surface area contributed by atoms with Gasteiger partial charge >= 0.3 is 0 Å². The lowest BCUT2D eigenvalue weighted by Crippen LogP contribution is -1.90. The van der Waals surface area contributed by atoms with E-state index in [9.17, 15) is 10.2 Å². The van der Waals surface area contributed by atoms with Crippen LogP contribution in [-0.2, 0) is 0 Å². The number of aromatic nitrogens is 4. The summed E-state index contributed by atoms with van der Waals surface area (Å²) in [5.74, 6) is 0.185. The van der Waals surface area contributed by atoms with Gasteiger partial charge in [0.1, 0.15) is 28.0 Å². The third kappa shape index (κ3) is 6.61. The second-order valence-electron chi connectivity index (χ2n) is 7.82. The summed E-state index contributed by atoms with van der Waals surface area (Å²) in [5.41, 5.74) is 5.58. The van der Waals surface area contributed by atoms with Crippen molar-refractivity contribution < 1.29 is 10.2 Å². The van der Waals surface area contributed by atoms with Gasteiger partial charge in [0.15, 0.2) is 0 Å². The number of hydrogen-bond acceptors (Lipinski definition) is 6. The van der Waals surface area contributed by atoms with Gasteiger partial charge in [0.05, 0.1) is 47.7 Å². The predicted octanol–water partition coefficient (Wildman–Crippen LogP) is 10.7. The molecule has 0 saturated carbocycles. The SMILES string of the molecule is CC.CC.Cc1ccc(O)c2nc3cc(Cl)c(Cl)cc3nc12.Oc1ccc(Br)c2nc3cc(Cl)c(Cl)cc3nc12. The number of phenols is 2. The molecule has 0 spiro atoms. The number of fused-ring (bicyclic) bond motifs is 4. The molecule has 4 aromatic carbocycles. The van der Waals surface area contributed by atoms with Gasteiger partial charge in [-0.25, -0.2) is 19.9 Å². The average molecular weight is 683 g/mol. The molecule has 11 heteroatoms. The molecule has 0 fully saturated rings. The molecule has 2 heterocycles. The van der Waals surface area contributed by atoms with E-state index in [1.54, 1.807) is 48.5 Å². The summed E-state index contributed by atoms with van der Waals surface area (Å²) in [6.45, 7) is 9.92. The molecule has 0 atom stereocenters. The minimum atomic E-state index is 0.0775. The third-order valence-electron chi connectivity index (χ3n) is 5.38. The maximum atomic E-state index is 9.82. The van der Waals surface area contributed by atoms with Crippen LogP contribution >= 0.6 is 62.3 Å². The van der Waals surface area contributed by atoms with E-state index in [2.05, 4.69) is 35.9 Å². The van der Waals surface area contributed by atoms with E-state index in [4.69, 9.17) is 46.4 Å². The van der Waals surface area contributed by atoms with Crippen LogP contribution in [0.3, 0.4) is 0 Å².